The van der Waals surface area contributed by atoms with Crippen LogP contribution < -0.4 is 9.47 Å². The van der Waals surface area contributed by atoms with Crippen LogP contribution in [-0.4, -0.2) is 28.7 Å². The lowest BCUT2D eigenvalue weighted by Crippen LogP contribution is -1.99. The number of nitrogens with zero attached hydrogens (tertiary/aromatic N) is 2. The maximum absolute atomic E-state index is 9.73. The van der Waals surface area contributed by atoms with Gasteiger partial charge in [0, 0.05) is 12.6 Å². The molecule has 3 aromatic rings. The van der Waals surface area contributed by atoms with Crippen molar-refractivity contribution in [3.05, 3.63) is 59.0 Å². The summed E-state index contributed by atoms with van der Waals surface area (Å²) in [6, 6.07) is 9.82. The van der Waals surface area contributed by atoms with Crippen molar-refractivity contribution in [2.24, 2.45) is 0 Å². The first-order valence-electron chi connectivity index (χ1n) is 7.44. The van der Waals surface area contributed by atoms with Gasteiger partial charge in [-0.15, -0.1) is 0 Å². The van der Waals surface area contributed by atoms with Crippen molar-refractivity contribution >= 4 is 5.65 Å². The van der Waals surface area contributed by atoms with Crippen LogP contribution in [0, 0.1) is 6.92 Å². The van der Waals surface area contributed by atoms with Crippen LogP contribution in [0.1, 0.15) is 22.5 Å². The molecular formula is C18H20N2O3. The fourth-order valence-corrected chi connectivity index (χ4v) is 2.74. The smallest absolute Gasteiger partial charge is 0.160 e. The van der Waals surface area contributed by atoms with Crippen LogP contribution >= 0.6 is 0 Å². The van der Waals surface area contributed by atoms with E-state index in [4.69, 9.17) is 9.47 Å². The molecule has 5 heteroatoms. The molecule has 2 aromatic heterocycles. The summed E-state index contributed by atoms with van der Waals surface area (Å²) in [5.74, 6) is 1.39. The van der Waals surface area contributed by atoms with Gasteiger partial charge in [-0.3, -0.25) is 0 Å². The lowest BCUT2D eigenvalue weighted by atomic mass is 10.1. The summed E-state index contributed by atoms with van der Waals surface area (Å²) >= 11 is 0. The van der Waals surface area contributed by atoms with Gasteiger partial charge in [0.2, 0.25) is 0 Å². The van der Waals surface area contributed by atoms with Gasteiger partial charge in [-0.2, -0.15) is 0 Å². The summed E-state index contributed by atoms with van der Waals surface area (Å²) in [7, 11) is 3.24. The molecule has 120 valence electrons. The molecule has 5 nitrogen and oxygen atoms in total. The normalized spacial score (nSPS) is 11.0. The zero-order valence-corrected chi connectivity index (χ0v) is 13.5. The number of methoxy groups -OCH3 is 2. The fraction of sp³-hybridized carbons (Fsp3) is 0.278. The van der Waals surface area contributed by atoms with E-state index in [1.807, 2.05) is 47.9 Å². The summed E-state index contributed by atoms with van der Waals surface area (Å²) in [4.78, 5) is 4.67. The Morgan fingerprint density at radius 2 is 1.87 bits per heavy atom. The number of imidazole rings is 1. The number of pyridine rings is 1. The zero-order valence-electron chi connectivity index (χ0n) is 13.5. The Balaban J connectivity index is 2.01. The Bertz CT molecular complexity index is 840. The van der Waals surface area contributed by atoms with E-state index >= 15 is 0 Å². The molecular weight excluding hydrogens is 292 g/mol. The van der Waals surface area contributed by atoms with Crippen LogP contribution in [0.5, 0.6) is 11.5 Å². The highest BCUT2D eigenvalue weighted by Crippen LogP contribution is 2.29. The number of ether oxygens (including phenoxy) is 2. The Hall–Kier alpha value is -2.53. The molecule has 23 heavy (non-hydrogen) atoms. The molecule has 0 amide bonds. The highest BCUT2D eigenvalue weighted by molar-refractivity contribution is 5.48. The lowest BCUT2D eigenvalue weighted by Gasteiger charge is -2.09. The van der Waals surface area contributed by atoms with E-state index in [1.54, 1.807) is 14.2 Å². The minimum atomic E-state index is -0.0488. The second-order valence-electron chi connectivity index (χ2n) is 5.46. The molecule has 0 fully saturated rings. The Morgan fingerprint density at radius 3 is 2.57 bits per heavy atom. The van der Waals surface area contributed by atoms with Gasteiger partial charge < -0.3 is 19.0 Å². The number of hydrogen-bond donors (Lipinski definition) is 1. The zero-order chi connectivity index (χ0) is 16.4. The Kier molecular flexibility index (Phi) is 4.21. The number of fused-ring (bicyclic) bond motifs is 1. The van der Waals surface area contributed by atoms with Crippen LogP contribution in [0.2, 0.25) is 0 Å². The molecule has 3 rings (SSSR count). The third-order valence-electron chi connectivity index (χ3n) is 3.93. The maximum Gasteiger partial charge on any atom is 0.160 e. The predicted octanol–water partition coefficient (Wildman–Crippen LogP) is 2.74. The van der Waals surface area contributed by atoms with Gasteiger partial charge >= 0.3 is 0 Å². The van der Waals surface area contributed by atoms with E-state index in [0.29, 0.717) is 17.9 Å². The van der Waals surface area contributed by atoms with E-state index in [2.05, 4.69) is 4.98 Å². The van der Waals surface area contributed by atoms with Crippen molar-refractivity contribution in [2.75, 3.05) is 14.2 Å². The lowest BCUT2D eigenvalue weighted by molar-refractivity contribution is 0.274. The standard InChI is InChI=1S/C18H20N2O3/c1-12-6-7-20-15(11-21)14(19-18(20)8-12)9-13-4-5-16(22-2)17(10-13)23-3/h4-8,10,21H,9,11H2,1-3H3. The summed E-state index contributed by atoms with van der Waals surface area (Å²) < 4.78 is 12.5. The largest absolute Gasteiger partial charge is 0.493 e. The molecule has 0 saturated heterocycles. The average Bonchev–Trinajstić information content (AvgIpc) is 2.90. The molecule has 1 N–H and O–H groups in total. The first-order chi connectivity index (χ1) is 11.2. The Morgan fingerprint density at radius 1 is 1.09 bits per heavy atom. The van der Waals surface area contributed by atoms with Gasteiger partial charge in [0.05, 0.1) is 32.2 Å². The quantitative estimate of drug-likeness (QED) is 0.787. The van der Waals surface area contributed by atoms with Gasteiger partial charge in [0.25, 0.3) is 0 Å². The van der Waals surface area contributed by atoms with E-state index < -0.39 is 0 Å². The molecule has 0 radical (unpaired) electrons. The SMILES string of the molecule is COc1ccc(Cc2nc3cc(C)ccn3c2CO)cc1OC. The Labute approximate surface area is 135 Å². The van der Waals surface area contributed by atoms with Gasteiger partial charge in [-0.1, -0.05) is 6.07 Å². The highest BCUT2D eigenvalue weighted by Gasteiger charge is 2.13. The topological polar surface area (TPSA) is 56.0 Å². The van der Waals surface area contributed by atoms with E-state index in [-0.39, 0.29) is 6.61 Å². The maximum atomic E-state index is 9.73. The first kappa shape index (κ1) is 15.4. The highest BCUT2D eigenvalue weighted by atomic mass is 16.5. The number of aryl methyl sites for hydroxylation is 1. The van der Waals surface area contributed by atoms with Crippen LogP contribution in [0.3, 0.4) is 0 Å². The number of benzene rings is 1. The van der Waals surface area contributed by atoms with E-state index in [9.17, 15) is 5.11 Å². The second-order valence-corrected chi connectivity index (χ2v) is 5.46. The van der Waals surface area contributed by atoms with Crippen molar-refractivity contribution in [2.45, 2.75) is 20.0 Å². The van der Waals surface area contributed by atoms with Gasteiger partial charge in [0.1, 0.15) is 5.65 Å². The van der Waals surface area contributed by atoms with E-state index in [1.165, 1.54) is 0 Å². The first-order valence-corrected chi connectivity index (χ1v) is 7.44. The molecule has 0 atom stereocenters. The van der Waals surface area contributed by atoms with Crippen molar-refractivity contribution in [3.8, 4) is 11.5 Å². The van der Waals surface area contributed by atoms with Crippen LogP contribution in [0.15, 0.2) is 36.5 Å². The van der Waals surface area contributed by atoms with Crippen molar-refractivity contribution in [1.82, 2.24) is 9.38 Å². The molecule has 2 heterocycles. The van der Waals surface area contributed by atoms with Crippen LogP contribution in [0.4, 0.5) is 0 Å². The van der Waals surface area contributed by atoms with Gasteiger partial charge in [-0.25, -0.2) is 4.98 Å². The van der Waals surface area contributed by atoms with Crippen LogP contribution in [0.25, 0.3) is 5.65 Å². The van der Waals surface area contributed by atoms with Gasteiger partial charge in [0.15, 0.2) is 11.5 Å². The monoisotopic (exact) mass is 312 g/mol. The molecule has 0 aliphatic rings. The summed E-state index contributed by atoms with van der Waals surface area (Å²) in [5, 5.41) is 9.73. The summed E-state index contributed by atoms with van der Waals surface area (Å²) in [6.07, 6.45) is 2.57. The number of hydrogen-bond acceptors (Lipinski definition) is 4. The minimum Gasteiger partial charge on any atom is -0.493 e. The fourth-order valence-electron chi connectivity index (χ4n) is 2.74. The molecule has 0 aliphatic heterocycles. The van der Waals surface area contributed by atoms with E-state index in [0.717, 1.165) is 28.2 Å². The van der Waals surface area contributed by atoms with Crippen LogP contribution in [-0.2, 0) is 13.0 Å². The van der Waals surface area contributed by atoms with Gasteiger partial charge in [-0.05, 0) is 42.3 Å². The van der Waals surface area contributed by atoms with Crippen molar-refractivity contribution in [1.29, 1.82) is 0 Å². The molecule has 0 saturated carbocycles. The molecule has 0 unspecified atom stereocenters. The number of aromatic nitrogens is 2. The third-order valence-corrected chi connectivity index (χ3v) is 3.93. The average molecular weight is 312 g/mol. The predicted molar refractivity (Wildman–Crippen MR) is 88.2 cm³/mol. The molecule has 0 aliphatic carbocycles. The minimum absolute atomic E-state index is 0.0488. The third kappa shape index (κ3) is 2.87. The molecule has 1 aromatic carbocycles. The van der Waals surface area contributed by atoms with Crippen molar-refractivity contribution in [3.63, 3.8) is 0 Å². The number of aliphatic hydroxyl groups is 1. The summed E-state index contributed by atoms with van der Waals surface area (Å²) in [5.41, 5.74) is 4.73. The molecule has 0 spiro atoms. The molecule has 0 bridgehead atoms. The summed E-state index contributed by atoms with van der Waals surface area (Å²) in [6.45, 7) is 1.98. The second kappa shape index (κ2) is 6.30. The number of aliphatic hydroxyl groups excluding tert-OH is 1. The van der Waals surface area contributed by atoms with Crippen molar-refractivity contribution < 1.29 is 14.6 Å². The number of rotatable bonds is 5.